The second kappa shape index (κ2) is 4.74. The Hall–Kier alpha value is -1.38. The second-order valence-corrected chi connectivity index (χ2v) is 3.51. The molecule has 0 unspecified atom stereocenters. The van der Waals surface area contributed by atoms with Gasteiger partial charge < -0.3 is 4.74 Å². The molecule has 14 heavy (non-hydrogen) atoms. The summed E-state index contributed by atoms with van der Waals surface area (Å²) in [5, 5.41) is 0. The molecule has 0 spiro atoms. The Kier molecular flexibility index (Phi) is 3.63. The smallest absolute Gasteiger partial charge is 0.308 e. The molecule has 3 heteroatoms. The number of carbonyl (C=O) groups excluding carboxylic acids is 1. The third-order valence-corrected chi connectivity index (χ3v) is 1.96. The van der Waals surface area contributed by atoms with E-state index in [9.17, 15) is 4.79 Å². The van der Waals surface area contributed by atoms with Crippen molar-refractivity contribution in [3.05, 3.63) is 29.6 Å². The van der Waals surface area contributed by atoms with E-state index in [0.29, 0.717) is 6.61 Å². The van der Waals surface area contributed by atoms with Crippen LogP contribution >= 0.6 is 0 Å². The van der Waals surface area contributed by atoms with Gasteiger partial charge in [0.25, 0.3) is 0 Å². The van der Waals surface area contributed by atoms with Crippen molar-refractivity contribution in [2.45, 2.75) is 27.4 Å². The van der Waals surface area contributed by atoms with Crippen LogP contribution in [0.5, 0.6) is 0 Å². The Morgan fingerprint density at radius 1 is 1.57 bits per heavy atom. The van der Waals surface area contributed by atoms with Crippen molar-refractivity contribution in [2.75, 3.05) is 0 Å². The number of hydrogen-bond acceptors (Lipinski definition) is 3. The molecular formula is C11H15NO2. The molecule has 1 heterocycles. The first kappa shape index (κ1) is 10.7. The first-order chi connectivity index (χ1) is 6.61. The van der Waals surface area contributed by atoms with Gasteiger partial charge in [0.1, 0.15) is 6.61 Å². The van der Waals surface area contributed by atoms with Gasteiger partial charge in [0.2, 0.25) is 0 Å². The minimum Gasteiger partial charge on any atom is -0.461 e. The highest BCUT2D eigenvalue weighted by Crippen LogP contribution is 2.07. The van der Waals surface area contributed by atoms with Gasteiger partial charge in [-0.25, -0.2) is 0 Å². The number of esters is 1. The number of hydrogen-bond donors (Lipinski definition) is 0. The zero-order valence-corrected chi connectivity index (χ0v) is 8.78. The molecule has 0 bridgehead atoms. The summed E-state index contributed by atoms with van der Waals surface area (Å²) in [7, 11) is 0. The lowest BCUT2D eigenvalue weighted by atomic mass is 10.2. The number of aryl methyl sites for hydroxylation is 1. The Bertz CT molecular complexity index is 321. The highest BCUT2D eigenvalue weighted by Gasteiger charge is 2.08. The van der Waals surface area contributed by atoms with E-state index in [1.54, 1.807) is 6.20 Å². The minimum absolute atomic E-state index is 0.0769. The highest BCUT2D eigenvalue weighted by molar-refractivity contribution is 5.71. The van der Waals surface area contributed by atoms with Crippen molar-refractivity contribution in [2.24, 2.45) is 5.92 Å². The molecule has 3 nitrogen and oxygen atoms in total. The predicted octanol–water partition coefficient (Wildman–Crippen LogP) is 2.09. The number of pyridine rings is 1. The Morgan fingerprint density at radius 2 is 2.29 bits per heavy atom. The quantitative estimate of drug-likeness (QED) is 0.690. The van der Waals surface area contributed by atoms with E-state index in [1.165, 1.54) is 0 Å². The maximum atomic E-state index is 11.2. The first-order valence-electron chi connectivity index (χ1n) is 4.68. The number of carbonyl (C=O) groups is 1. The van der Waals surface area contributed by atoms with Gasteiger partial charge in [-0.3, -0.25) is 9.78 Å². The van der Waals surface area contributed by atoms with Crippen molar-refractivity contribution in [1.82, 2.24) is 4.98 Å². The fourth-order valence-electron chi connectivity index (χ4n) is 0.986. The van der Waals surface area contributed by atoms with Crippen LogP contribution in [0.15, 0.2) is 18.3 Å². The summed E-state index contributed by atoms with van der Waals surface area (Å²) in [5.41, 5.74) is 1.87. The molecule has 0 N–H and O–H groups in total. The maximum Gasteiger partial charge on any atom is 0.308 e. The van der Waals surface area contributed by atoms with Gasteiger partial charge in [-0.05, 0) is 13.0 Å². The fraction of sp³-hybridized carbons (Fsp3) is 0.455. The van der Waals surface area contributed by atoms with Crippen LogP contribution in [0.4, 0.5) is 0 Å². The van der Waals surface area contributed by atoms with Gasteiger partial charge in [0.15, 0.2) is 0 Å². The van der Waals surface area contributed by atoms with Crippen LogP contribution < -0.4 is 0 Å². The molecule has 0 atom stereocenters. The average molecular weight is 193 g/mol. The molecule has 0 aliphatic rings. The molecule has 0 aliphatic carbocycles. The molecular weight excluding hydrogens is 178 g/mol. The van der Waals surface area contributed by atoms with Crippen LogP contribution in [0, 0.1) is 12.8 Å². The topological polar surface area (TPSA) is 39.2 Å². The summed E-state index contributed by atoms with van der Waals surface area (Å²) in [4.78, 5) is 15.3. The fourth-order valence-corrected chi connectivity index (χ4v) is 0.986. The van der Waals surface area contributed by atoms with Crippen LogP contribution in [0.25, 0.3) is 0 Å². The SMILES string of the molecule is Cc1ncccc1COC(=O)C(C)C. The van der Waals surface area contributed by atoms with Crippen LogP contribution in [0.2, 0.25) is 0 Å². The molecule has 0 aliphatic heterocycles. The lowest BCUT2D eigenvalue weighted by Gasteiger charge is -2.08. The van der Waals surface area contributed by atoms with Gasteiger partial charge in [0.05, 0.1) is 5.92 Å². The van der Waals surface area contributed by atoms with Crippen molar-refractivity contribution in [1.29, 1.82) is 0 Å². The van der Waals surface area contributed by atoms with Gasteiger partial charge >= 0.3 is 5.97 Å². The average Bonchev–Trinajstić information content (AvgIpc) is 2.16. The second-order valence-electron chi connectivity index (χ2n) is 3.51. The molecule has 0 saturated carbocycles. The molecule has 0 amide bonds. The summed E-state index contributed by atoms with van der Waals surface area (Å²) in [6.45, 7) is 5.85. The minimum atomic E-state index is -0.173. The highest BCUT2D eigenvalue weighted by atomic mass is 16.5. The summed E-state index contributed by atoms with van der Waals surface area (Å²) in [6.07, 6.45) is 1.73. The van der Waals surface area contributed by atoms with Crippen LogP contribution in [0.3, 0.4) is 0 Å². The standard InChI is InChI=1S/C11H15NO2/c1-8(2)11(13)14-7-10-5-4-6-12-9(10)3/h4-6,8H,7H2,1-3H3. The molecule has 0 aromatic carbocycles. The van der Waals surface area contributed by atoms with E-state index in [0.717, 1.165) is 11.3 Å². The first-order valence-corrected chi connectivity index (χ1v) is 4.68. The third-order valence-electron chi connectivity index (χ3n) is 1.96. The van der Waals surface area contributed by atoms with Gasteiger partial charge in [0, 0.05) is 17.5 Å². The summed E-state index contributed by atoms with van der Waals surface area (Å²) in [5.74, 6) is -0.250. The van der Waals surface area contributed by atoms with E-state index < -0.39 is 0 Å². The Labute approximate surface area is 84.1 Å². The van der Waals surface area contributed by atoms with Crippen molar-refractivity contribution in [3.63, 3.8) is 0 Å². The Balaban J connectivity index is 2.54. The van der Waals surface area contributed by atoms with Crippen LogP contribution in [-0.2, 0) is 16.1 Å². The van der Waals surface area contributed by atoms with Crippen molar-refractivity contribution in [3.8, 4) is 0 Å². The molecule has 1 aromatic rings. The normalized spacial score (nSPS) is 10.3. The van der Waals surface area contributed by atoms with Crippen molar-refractivity contribution < 1.29 is 9.53 Å². The Morgan fingerprint density at radius 3 is 2.86 bits per heavy atom. The lowest BCUT2D eigenvalue weighted by Crippen LogP contribution is -2.11. The van der Waals surface area contributed by atoms with E-state index >= 15 is 0 Å². The van der Waals surface area contributed by atoms with Crippen LogP contribution in [0.1, 0.15) is 25.1 Å². The number of ether oxygens (including phenoxy) is 1. The molecule has 0 radical (unpaired) electrons. The third kappa shape index (κ3) is 2.83. The van der Waals surface area contributed by atoms with Crippen LogP contribution in [-0.4, -0.2) is 11.0 Å². The predicted molar refractivity (Wildman–Crippen MR) is 53.6 cm³/mol. The molecule has 1 rings (SSSR count). The van der Waals surface area contributed by atoms with Crippen molar-refractivity contribution >= 4 is 5.97 Å². The monoisotopic (exact) mass is 193 g/mol. The lowest BCUT2D eigenvalue weighted by molar-refractivity contribution is -0.148. The van der Waals surface area contributed by atoms with Gasteiger partial charge in [-0.15, -0.1) is 0 Å². The zero-order chi connectivity index (χ0) is 10.6. The van der Waals surface area contributed by atoms with E-state index in [2.05, 4.69) is 4.98 Å². The largest absolute Gasteiger partial charge is 0.461 e. The number of aromatic nitrogens is 1. The summed E-state index contributed by atoms with van der Waals surface area (Å²) >= 11 is 0. The number of nitrogens with zero attached hydrogens (tertiary/aromatic N) is 1. The summed E-state index contributed by atoms with van der Waals surface area (Å²) < 4.78 is 5.09. The molecule has 0 fully saturated rings. The number of rotatable bonds is 3. The molecule has 1 aromatic heterocycles. The zero-order valence-electron chi connectivity index (χ0n) is 8.78. The van der Waals surface area contributed by atoms with Gasteiger partial charge in [-0.2, -0.15) is 0 Å². The molecule has 76 valence electrons. The maximum absolute atomic E-state index is 11.2. The van der Waals surface area contributed by atoms with Gasteiger partial charge in [-0.1, -0.05) is 19.9 Å². The van der Waals surface area contributed by atoms with E-state index in [4.69, 9.17) is 4.74 Å². The summed E-state index contributed by atoms with van der Waals surface area (Å²) in [6, 6.07) is 3.75. The van der Waals surface area contributed by atoms with E-state index in [-0.39, 0.29) is 11.9 Å². The van der Waals surface area contributed by atoms with E-state index in [1.807, 2.05) is 32.9 Å². The molecule has 0 saturated heterocycles.